The zero-order valence-electron chi connectivity index (χ0n) is 9.17. The average Bonchev–Trinajstić information content (AvgIpc) is 2.15. The maximum absolute atomic E-state index is 5.29. The lowest BCUT2D eigenvalue weighted by Gasteiger charge is -1.97. The largest absolute Gasteiger partial charge is 0.304 e. The maximum atomic E-state index is 5.29. The van der Waals surface area contributed by atoms with Crippen LogP contribution in [0.1, 0.15) is 51.9 Å². The van der Waals surface area contributed by atoms with Crippen molar-refractivity contribution in [3.63, 3.8) is 0 Å². The molecule has 0 aliphatic carbocycles. The molecule has 0 saturated carbocycles. The van der Waals surface area contributed by atoms with Crippen LogP contribution >= 0.6 is 11.8 Å². The van der Waals surface area contributed by atoms with Crippen LogP contribution in [0.25, 0.3) is 0 Å². The van der Waals surface area contributed by atoms with Crippen molar-refractivity contribution in [2.45, 2.75) is 51.9 Å². The maximum Gasteiger partial charge on any atom is 0.304 e. The van der Waals surface area contributed by atoms with Crippen LogP contribution in [0.4, 0.5) is 0 Å². The summed E-state index contributed by atoms with van der Waals surface area (Å²) in [6.07, 6.45) is 11.4. The van der Waals surface area contributed by atoms with Gasteiger partial charge in [-0.2, -0.15) is 0 Å². The van der Waals surface area contributed by atoms with Crippen molar-refractivity contribution in [1.82, 2.24) is 0 Å². The molecular formula is C11H23N2S+. The SMILES string of the molecule is CCCCCCCC/C=C\SC(N)=[NH2+]. The van der Waals surface area contributed by atoms with Crippen molar-refractivity contribution < 1.29 is 5.41 Å². The van der Waals surface area contributed by atoms with E-state index in [1.807, 2.05) is 5.41 Å². The molecule has 0 amide bonds. The molecule has 0 saturated heterocycles. The van der Waals surface area contributed by atoms with E-state index in [0.717, 1.165) is 6.42 Å². The normalized spacial score (nSPS) is 10.9. The molecule has 82 valence electrons. The first-order valence-corrected chi connectivity index (χ1v) is 6.35. The van der Waals surface area contributed by atoms with Crippen LogP contribution in [-0.2, 0) is 0 Å². The first-order chi connectivity index (χ1) is 6.77. The smallest absolute Gasteiger partial charge is 0.281 e. The van der Waals surface area contributed by atoms with Crippen LogP contribution in [-0.4, -0.2) is 5.17 Å². The summed E-state index contributed by atoms with van der Waals surface area (Å²) in [6, 6.07) is 0. The highest BCUT2D eigenvalue weighted by atomic mass is 32.2. The molecule has 0 rings (SSSR count). The average molecular weight is 215 g/mol. The van der Waals surface area contributed by atoms with Crippen LogP contribution in [0, 0.1) is 0 Å². The second kappa shape index (κ2) is 10.6. The summed E-state index contributed by atoms with van der Waals surface area (Å²) in [5.74, 6) is 0. The summed E-state index contributed by atoms with van der Waals surface area (Å²) < 4.78 is 0. The minimum absolute atomic E-state index is 0.421. The number of hydrogen-bond acceptors (Lipinski definition) is 1. The minimum Gasteiger partial charge on any atom is -0.281 e. The molecule has 14 heavy (non-hydrogen) atoms. The Morgan fingerprint density at radius 1 is 1.21 bits per heavy atom. The van der Waals surface area contributed by atoms with E-state index in [4.69, 9.17) is 11.1 Å². The van der Waals surface area contributed by atoms with Crippen molar-refractivity contribution in [3.8, 4) is 0 Å². The Kier molecular flexibility index (Phi) is 10.3. The standard InChI is InChI=1S/C11H22N2S/c1-2-3-4-5-6-7-8-9-10-14-11(12)13/h9-10H,2-8H2,1H3,(H3,12,13)/p+1/b10-9-. The van der Waals surface area contributed by atoms with Gasteiger partial charge in [0.1, 0.15) is 0 Å². The number of nitrogens with two attached hydrogens (primary N) is 2. The Morgan fingerprint density at radius 2 is 1.86 bits per heavy atom. The number of unbranched alkanes of at least 4 members (excludes halogenated alkanes) is 6. The Bertz CT molecular complexity index is 167. The van der Waals surface area contributed by atoms with Crippen LogP contribution in [0.2, 0.25) is 0 Å². The number of thioether (sulfide) groups is 1. The molecule has 3 heteroatoms. The predicted molar refractivity (Wildman–Crippen MR) is 65.8 cm³/mol. The Hall–Kier alpha value is -0.440. The van der Waals surface area contributed by atoms with Crippen LogP contribution < -0.4 is 11.1 Å². The van der Waals surface area contributed by atoms with E-state index in [2.05, 4.69) is 13.0 Å². The van der Waals surface area contributed by atoms with Crippen molar-refractivity contribution in [3.05, 3.63) is 11.5 Å². The van der Waals surface area contributed by atoms with E-state index in [9.17, 15) is 0 Å². The molecule has 0 unspecified atom stereocenters. The highest BCUT2D eigenvalue weighted by Crippen LogP contribution is 2.08. The Morgan fingerprint density at radius 3 is 2.50 bits per heavy atom. The van der Waals surface area contributed by atoms with Gasteiger partial charge in [-0.15, -0.1) is 0 Å². The second-order valence-corrected chi connectivity index (χ2v) is 4.43. The Balaban J connectivity index is 3.05. The topological polar surface area (TPSA) is 51.6 Å². The zero-order chi connectivity index (χ0) is 10.6. The minimum atomic E-state index is 0.421. The summed E-state index contributed by atoms with van der Waals surface area (Å²) in [5.41, 5.74) is 5.29. The van der Waals surface area contributed by atoms with Gasteiger partial charge < -0.3 is 0 Å². The molecule has 0 aromatic carbocycles. The van der Waals surface area contributed by atoms with E-state index >= 15 is 0 Å². The number of allylic oxidation sites excluding steroid dienone is 1. The molecule has 0 aliphatic rings. The van der Waals surface area contributed by atoms with Gasteiger partial charge in [-0.05, 0) is 30.0 Å². The predicted octanol–water partition coefficient (Wildman–Crippen LogP) is 2.06. The van der Waals surface area contributed by atoms with Gasteiger partial charge in [0.15, 0.2) is 0 Å². The summed E-state index contributed by atoms with van der Waals surface area (Å²) in [4.78, 5) is 0. The van der Waals surface area contributed by atoms with E-state index in [1.54, 1.807) is 0 Å². The molecule has 0 aromatic rings. The monoisotopic (exact) mass is 215 g/mol. The number of hydrogen-bond donors (Lipinski definition) is 2. The summed E-state index contributed by atoms with van der Waals surface area (Å²) in [5, 5.41) is 7.69. The highest BCUT2D eigenvalue weighted by molar-refractivity contribution is 8.16. The molecule has 4 N–H and O–H groups in total. The van der Waals surface area contributed by atoms with E-state index in [1.165, 1.54) is 50.3 Å². The third-order valence-electron chi connectivity index (χ3n) is 2.02. The molecule has 0 aliphatic heterocycles. The fourth-order valence-corrected chi connectivity index (χ4v) is 1.63. The molecule has 0 fully saturated rings. The quantitative estimate of drug-likeness (QED) is 0.370. The third-order valence-corrected chi connectivity index (χ3v) is 2.63. The summed E-state index contributed by atoms with van der Waals surface area (Å²) >= 11 is 1.39. The van der Waals surface area contributed by atoms with Crippen molar-refractivity contribution in [1.29, 1.82) is 0 Å². The van der Waals surface area contributed by atoms with Crippen molar-refractivity contribution in [2.24, 2.45) is 5.73 Å². The van der Waals surface area contributed by atoms with Gasteiger partial charge in [-0.1, -0.05) is 45.1 Å². The fourth-order valence-electron chi connectivity index (χ4n) is 1.24. The molecule has 0 bridgehead atoms. The van der Waals surface area contributed by atoms with E-state index in [-0.39, 0.29) is 0 Å². The first-order valence-electron chi connectivity index (χ1n) is 5.47. The number of amidine groups is 1. The van der Waals surface area contributed by atoms with Gasteiger partial charge in [0, 0.05) is 0 Å². The lowest BCUT2D eigenvalue weighted by Crippen LogP contribution is -2.42. The molecule has 0 heterocycles. The first kappa shape index (κ1) is 13.6. The molecule has 0 aromatic heterocycles. The van der Waals surface area contributed by atoms with E-state index in [0.29, 0.717) is 5.17 Å². The summed E-state index contributed by atoms with van der Waals surface area (Å²) in [7, 11) is 0. The molecule has 0 spiro atoms. The van der Waals surface area contributed by atoms with Crippen LogP contribution in [0.5, 0.6) is 0 Å². The lowest BCUT2D eigenvalue weighted by molar-refractivity contribution is -0.109. The van der Waals surface area contributed by atoms with Crippen molar-refractivity contribution in [2.75, 3.05) is 0 Å². The Labute approximate surface area is 91.8 Å². The molecular weight excluding hydrogens is 192 g/mol. The van der Waals surface area contributed by atoms with Crippen LogP contribution in [0.3, 0.4) is 0 Å². The highest BCUT2D eigenvalue weighted by Gasteiger charge is 1.90. The zero-order valence-corrected chi connectivity index (χ0v) is 9.98. The van der Waals surface area contributed by atoms with Gasteiger partial charge in [0.2, 0.25) is 0 Å². The summed E-state index contributed by atoms with van der Waals surface area (Å²) in [6.45, 7) is 2.24. The second-order valence-electron chi connectivity index (χ2n) is 3.45. The lowest BCUT2D eigenvalue weighted by atomic mass is 10.1. The van der Waals surface area contributed by atoms with Crippen molar-refractivity contribution >= 4 is 16.9 Å². The van der Waals surface area contributed by atoms with Gasteiger partial charge >= 0.3 is 5.17 Å². The number of rotatable bonds is 8. The van der Waals surface area contributed by atoms with Gasteiger partial charge in [-0.3, -0.25) is 11.1 Å². The molecule has 0 radical (unpaired) electrons. The van der Waals surface area contributed by atoms with Gasteiger partial charge in [0.05, 0.1) is 0 Å². The van der Waals surface area contributed by atoms with Gasteiger partial charge in [0.25, 0.3) is 0 Å². The fraction of sp³-hybridized carbons (Fsp3) is 0.727. The molecule has 0 atom stereocenters. The van der Waals surface area contributed by atoms with E-state index < -0.39 is 0 Å². The third kappa shape index (κ3) is 11.6. The van der Waals surface area contributed by atoms with Gasteiger partial charge in [-0.25, -0.2) is 0 Å². The molecule has 2 nitrogen and oxygen atoms in total. The van der Waals surface area contributed by atoms with Crippen LogP contribution in [0.15, 0.2) is 11.5 Å².